The fourth-order valence-electron chi connectivity index (χ4n) is 2.42. The van der Waals surface area contributed by atoms with E-state index in [4.69, 9.17) is 0 Å². The average Bonchev–Trinajstić information content (AvgIpc) is 3.24. The number of aromatic nitrogens is 3. The molecule has 0 aliphatic carbocycles. The number of nitrogens with zero attached hydrogens (tertiary/aromatic N) is 3. The Labute approximate surface area is 148 Å². The predicted octanol–water partition coefficient (Wildman–Crippen LogP) is 2.72. The first-order chi connectivity index (χ1) is 12.1. The van der Waals surface area contributed by atoms with Crippen LogP contribution in [0.15, 0.2) is 42.2 Å². The number of carboxylic acid groups (broad SMARTS) is 1. The maximum Gasteiger partial charge on any atom is 0.354 e. The van der Waals surface area contributed by atoms with Crippen molar-refractivity contribution in [1.29, 1.82) is 0 Å². The summed E-state index contributed by atoms with van der Waals surface area (Å²) in [6, 6.07) is 9.53. The zero-order chi connectivity index (χ0) is 17.8. The first-order valence-corrected chi connectivity index (χ1v) is 8.43. The van der Waals surface area contributed by atoms with Crippen LogP contribution in [-0.2, 0) is 13.1 Å². The van der Waals surface area contributed by atoms with Crippen molar-refractivity contribution in [2.24, 2.45) is 0 Å². The van der Waals surface area contributed by atoms with Crippen LogP contribution in [0.3, 0.4) is 0 Å². The number of carboxylic acids is 1. The van der Waals surface area contributed by atoms with E-state index >= 15 is 0 Å². The second-order valence-electron chi connectivity index (χ2n) is 5.44. The highest BCUT2D eigenvalue weighted by Gasteiger charge is 2.25. The molecule has 2 N–H and O–H groups in total. The van der Waals surface area contributed by atoms with Crippen LogP contribution in [0.25, 0.3) is 0 Å². The van der Waals surface area contributed by atoms with E-state index in [0.29, 0.717) is 13.1 Å². The summed E-state index contributed by atoms with van der Waals surface area (Å²) in [7, 11) is 0. The van der Waals surface area contributed by atoms with Gasteiger partial charge in [-0.05, 0) is 12.5 Å². The van der Waals surface area contributed by atoms with Crippen LogP contribution in [0, 0.1) is 6.92 Å². The third kappa shape index (κ3) is 3.74. The molecular formula is C17H16N4O3S. The molecule has 3 rings (SSSR count). The molecule has 0 bridgehead atoms. The fraction of sp³-hybridized carbons (Fsp3) is 0.176. The van der Waals surface area contributed by atoms with Gasteiger partial charge in [-0.15, -0.1) is 11.3 Å². The zero-order valence-corrected chi connectivity index (χ0v) is 14.3. The number of nitrogens with one attached hydrogen (secondary N) is 1. The van der Waals surface area contributed by atoms with E-state index in [9.17, 15) is 14.7 Å². The third-order valence-electron chi connectivity index (χ3n) is 3.74. The van der Waals surface area contributed by atoms with Crippen LogP contribution in [-0.4, -0.2) is 36.8 Å². The molecule has 0 aliphatic heterocycles. The van der Waals surface area contributed by atoms with Crippen LogP contribution >= 0.6 is 11.3 Å². The summed E-state index contributed by atoms with van der Waals surface area (Å²) in [6.45, 7) is 2.58. The lowest BCUT2D eigenvalue weighted by Crippen LogP contribution is -2.31. The van der Waals surface area contributed by atoms with E-state index in [-0.39, 0.29) is 11.4 Å². The quantitative estimate of drug-likeness (QED) is 0.707. The number of hydrogen-bond donors (Lipinski definition) is 2. The number of carbonyl (C=O) groups excluding carboxylic acids is 1. The van der Waals surface area contributed by atoms with Crippen molar-refractivity contribution in [2.75, 3.05) is 0 Å². The summed E-state index contributed by atoms with van der Waals surface area (Å²) in [5.74, 6) is -1.65. The standard InChI is InChI=1S/C17H16N4O3S/c1-11-13(25-10-20-11)8-21(7-12-5-3-2-4-6-12)16(22)14-15(17(23)24)19-9-18-14/h2-6,9-10H,7-8H2,1H3,(H,18,19)(H,23,24). The molecule has 8 heteroatoms. The molecule has 1 amide bonds. The van der Waals surface area contributed by atoms with Gasteiger partial charge in [0, 0.05) is 11.4 Å². The third-order valence-corrected chi connectivity index (χ3v) is 4.66. The first-order valence-electron chi connectivity index (χ1n) is 7.55. The molecule has 0 saturated carbocycles. The van der Waals surface area contributed by atoms with Crippen molar-refractivity contribution in [3.63, 3.8) is 0 Å². The van der Waals surface area contributed by atoms with Crippen molar-refractivity contribution >= 4 is 23.2 Å². The van der Waals surface area contributed by atoms with Gasteiger partial charge >= 0.3 is 5.97 Å². The molecule has 7 nitrogen and oxygen atoms in total. The van der Waals surface area contributed by atoms with Gasteiger partial charge in [0.25, 0.3) is 5.91 Å². The van der Waals surface area contributed by atoms with E-state index in [1.54, 1.807) is 10.4 Å². The van der Waals surface area contributed by atoms with Gasteiger partial charge in [-0.2, -0.15) is 0 Å². The fourth-order valence-corrected chi connectivity index (χ4v) is 3.22. The molecule has 2 heterocycles. The predicted molar refractivity (Wildman–Crippen MR) is 92.4 cm³/mol. The summed E-state index contributed by atoms with van der Waals surface area (Å²) in [5.41, 5.74) is 3.24. The molecule has 1 aromatic carbocycles. The lowest BCUT2D eigenvalue weighted by Gasteiger charge is -2.22. The minimum atomic E-state index is -1.21. The van der Waals surface area contributed by atoms with Crippen molar-refractivity contribution in [3.05, 3.63) is 69.7 Å². The summed E-state index contributed by atoms with van der Waals surface area (Å²) in [5, 5.41) is 9.23. The molecule has 3 aromatic rings. The van der Waals surface area contributed by atoms with Crippen LogP contribution in [0.1, 0.15) is 37.1 Å². The summed E-state index contributed by atoms with van der Waals surface area (Å²) in [6.07, 6.45) is 1.22. The Morgan fingerprint density at radius 2 is 1.96 bits per heavy atom. The van der Waals surface area contributed by atoms with Gasteiger partial charge in [0.15, 0.2) is 11.4 Å². The highest BCUT2D eigenvalue weighted by Crippen LogP contribution is 2.19. The van der Waals surface area contributed by atoms with Crippen molar-refractivity contribution < 1.29 is 14.7 Å². The molecule has 0 saturated heterocycles. The molecule has 0 atom stereocenters. The molecule has 25 heavy (non-hydrogen) atoms. The lowest BCUT2D eigenvalue weighted by molar-refractivity contribution is 0.0662. The second kappa shape index (κ2) is 7.27. The first kappa shape index (κ1) is 16.8. The molecule has 0 unspecified atom stereocenters. The number of amides is 1. The van der Waals surface area contributed by atoms with E-state index in [2.05, 4.69) is 15.0 Å². The number of hydrogen-bond acceptors (Lipinski definition) is 5. The highest BCUT2D eigenvalue weighted by atomic mass is 32.1. The number of carbonyl (C=O) groups is 2. The Morgan fingerprint density at radius 1 is 1.20 bits per heavy atom. The maximum absolute atomic E-state index is 12.9. The van der Waals surface area contributed by atoms with Gasteiger partial charge < -0.3 is 15.0 Å². The average molecular weight is 356 g/mol. The Bertz CT molecular complexity index is 888. The number of thiazole rings is 1. The van der Waals surface area contributed by atoms with E-state index in [1.807, 2.05) is 37.3 Å². The maximum atomic E-state index is 12.9. The Balaban J connectivity index is 1.92. The Kier molecular flexibility index (Phi) is 4.90. The largest absolute Gasteiger partial charge is 0.477 e. The second-order valence-corrected chi connectivity index (χ2v) is 6.38. The molecule has 2 aromatic heterocycles. The topological polar surface area (TPSA) is 99.2 Å². The van der Waals surface area contributed by atoms with Crippen molar-refractivity contribution in [1.82, 2.24) is 19.9 Å². The lowest BCUT2D eigenvalue weighted by atomic mass is 10.2. The van der Waals surface area contributed by atoms with E-state index in [1.165, 1.54) is 17.7 Å². The number of benzene rings is 1. The minimum absolute atomic E-state index is 0.0920. The zero-order valence-electron chi connectivity index (χ0n) is 13.5. The SMILES string of the molecule is Cc1ncsc1CN(Cc1ccccc1)C(=O)c1nc[nH]c1C(=O)O. The molecule has 0 spiro atoms. The summed E-state index contributed by atoms with van der Waals surface area (Å²) >= 11 is 1.46. The van der Waals surface area contributed by atoms with Gasteiger partial charge in [0.05, 0.1) is 24.1 Å². The van der Waals surface area contributed by atoms with Gasteiger partial charge in [-0.25, -0.2) is 14.8 Å². The number of aryl methyl sites for hydroxylation is 1. The van der Waals surface area contributed by atoms with Gasteiger partial charge in [0.2, 0.25) is 0 Å². The number of rotatable bonds is 6. The molecule has 128 valence electrons. The van der Waals surface area contributed by atoms with Crippen LogP contribution in [0.5, 0.6) is 0 Å². The number of aromatic carboxylic acids is 1. The molecule has 0 fully saturated rings. The number of H-pyrrole nitrogens is 1. The molecule has 0 radical (unpaired) electrons. The highest BCUT2D eigenvalue weighted by molar-refractivity contribution is 7.09. The van der Waals surface area contributed by atoms with Gasteiger partial charge in [0.1, 0.15) is 0 Å². The molecular weight excluding hydrogens is 340 g/mol. The summed E-state index contributed by atoms with van der Waals surface area (Å²) in [4.78, 5) is 37.4. The number of imidazole rings is 1. The van der Waals surface area contributed by atoms with Crippen LogP contribution < -0.4 is 0 Å². The van der Waals surface area contributed by atoms with Crippen LogP contribution in [0.2, 0.25) is 0 Å². The smallest absolute Gasteiger partial charge is 0.354 e. The van der Waals surface area contributed by atoms with E-state index in [0.717, 1.165) is 16.1 Å². The minimum Gasteiger partial charge on any atom is -0.477 e. The molecule has 0 aliphatic rings. The summed E-state index contributed by atoms with van der Waals surface area (Å²) < 4.78 is 0. The van der Waals surface area contributed by atoms with Crippen LogP contribution in [0.4, 0.5) is 0 Å². The Hall–Kier alpha value is -3.00. The van der Waals surface area contributed by atoms with Gasteiger partial charge in [-0.3, -0.25) is 4.79 Å². The van der Waals surface area contributed by atoms with E-state index < -0.39 is 11.9 Å². The Morgan fingerprint density at radius 3 is 2.60 bits per heavy atom. The van der Waals surface area contributed by atoms with Crippen molar-refractivity contribution in [2.45, 2.75) is 20.0 Å². The monoisotopic (exact) mass is 356 g/mol. The normalized spacial score (nSPS) is 10.6. The van der Waals surface area contributed by atoms with Crippen molar-refractivity contribution in [3.8, 4) is 0 Å². The number of aromatic amines is 1. The van der Waals surface area contributed by atoms with Gasteiger partial charge in [-0.1, -0.05) is 30.3 Å².